The summed E-state index contributed by atoms with van der Waals surface area (Å²) in [5.74, 6) is 1.86. The molecular formula is C26H25N3O6. The summed E-state index contributed by atoms with van der Waals surface area (Å²) in [6.45, 7) is 2.78. The number of carbonyl (C=O) groups is 2. The maximum absolute atomic E-state index is 13.0. The van der Waals surface area contributed by atoms with Crippen LogP contribution >= 0.6 is 0 Å². The zero-order valence-corrected chi connectivity index (χ0v) is 19.5. The van der Waals surface area contributed by atoms with E-state index in [0.717, 1.165) is 12.0 Å². The number of para-hydroxylation sites is 1. The Morgan fingerprint density at radius 3 is 2.63 bits per heavy atom. The van der Waals surface area contributed by atoms with E-state index in [1.165, 1.54) is 7.11 Å². The predicted octanol–water partition coefficient (Wildman–Crippen LogP) is 4.09. The first-order valence-electron chi connectivity index (χ1n) is 11.4. The molecule has 2 heterocycles. The van der Waals surface area contributed by atoms with E-state index < -0.39 is 0 Å². The summed E-state index contributed by atoms with van der Waals surface area (Å²) in [5, 5.41) is 7.25. The quantitative estimate of drug-likeness (QED) is 0.538. The lowest BCUT2D eigenvalue weighted by atomic mass is 9.93. The molecule has 0 unspecified atom stereocenters. The zero-order valence-electron chi connectivity index (χ0n) is 19.5. The van der Waals surface area contributed by atoms with Gasteiger partial charge in [-0.2, -0.15) is 5.10 Å². The monoisotopic (exact) mass is 475 g/mol. The summed E-state index contributed by atoms with van der Waals surface area (Å²) in [7, 11) is 1.51. The second-order valence-corrected chi connectivity index (χ2v) is 8.22. The van der Waals surface area contributed by atoms with Gasteiger partial charge in [0.1, 0.15) is 24.7 Å². The van der Waals surface area contributed by atoms with Crippen LogP contribution in [-0.4, -0.2) is 37.8 Å². The number of hydrazone groups is 1. The molecule has 1 aromatic heterocycles. The van der Waals surface area contributed by atoms with Gasteiger partial charge in [0.2, 0.25) is 0 Å². The number of aryl methyl sites for hydroxylation is 1. The highest BCUT2D eigenvalue weighted by Crippen LogP contribution is 2.34. The van der Waals surface area contributed by atoms with Crippen molar-refractivity contribution in [1.29, 1.82) is 0 Å². The van der Waals surface area contributed by atoms with Gasteiger partial charge in [-0.15, -0.1) is 0 Å². The van der Waals surface area contributed by atoms with E-state index in [0.29, 0.717) is 71.6 Å². The van der Waals surface area contributed by atoms with Gasteiger partial charge >= 0.3 is 0 Å². The van der Waals surface area contributed by atoms with Crippen molar-refractivity contribution < 1.29 is 28.2 Å². The third-order valence-electron chi connectivity index (χ3n) is 5.98. The molecule has 2 N–H and O–H groups in total. The second-order valence-electron chi connectivity index (χ2n) is 8.22. The lowest BCUT2D eigenvalue weighted by Gasteiger charge is -2.18. The number of rotatable bonds is 5. The number of anilines is 1. The molecule has 2 aliphatic rings. The molecule has 35 heavy (non-hydrogen) atoms. The van der Waals surface area contributed by atoms with Crippen LogP contribution in [0.25, 0.3) is 0 Å². The number of benzene rings is 2. The van der Waals surface area contributed by atoms with Crippen molar-refractivity contribution in [3.05, 3.63) is 70.7 Å². The first kappa shape index (κ1) is 22.5. The fourth-order valence-corrected chi connectivity index (χ4v) is 4.32. The Kier molecular flexibility index (Phi) is 6.13. The first-order valence-corrected chi connectivity index (χ1v) is 11.4. The third kappa shape index (κ3) is 4.44. The molecule has 9 heteroatoms. The van der Waals surface area contributed by atoms with Crippen molar-refractivity contribution in [3.63, 3.8) is 0 Å². The summed E-state index contributed by atoms with van der Waals surface area (Å²) >= 11 is 0. The topological polar surface area (TPSA) is 111 Å². The second kappa shape index (κ2) is 9.54. The van der Waals surface area contributed by atoms with E-state index in [2.05, 4.69) is 15.8 Å². The Bertz CT molecular complexity index is 1330. The number of carbonyl (C=O) groups excluding carboxylic acids is 2. The molecule has 9 nitrogen and oxygen atoms in total. The van der Waals surface area contributed by atoms with Gasteiger partial charge in [0.15, 0.2) is 17.3 Å². The number of nitrogens with one attached hydrogen (secondary N) is 2. The average Bonchev–Trinajstić information content (AvgIpc) is 3.24. The highest BCUT2D eigenvalue weighted by Gasteiger charge is 2.28. The molecule has 2 amide bonds. The molecule has 0 saturated carbocycles. The lowest BCUT2D eigenvalue weighted by molar-refractivity contribution is 0.0950. The molecule has 180 valence electrons. The summed E-state index contributed by atoms with van der Waals surface area (Å²) < 4.78 is 22.3. The molecule has 0 atom stereocenters. The summed E-state index contributed by atoms with van der Waals surface area (Å²) in [5.41, 5.74) is 5.71. The van der Waals surface area contributed by atoms with Crippen LogP contribution < -0.4 is 25.0 Å². The maximum Gasteiger partial charge on any atom is 0.291 e. The van der Waals surface area contributed by atoms with Crippen LogP contribution in [0.3, 0.4) is 0 Å². The van der Waals surface area contributed by atoms with Gasteiger partial charge in [0.05, 0.1) is 18.4 Å². The van der Waals surface area contributed by atoms with Crippen molar-refractivity contribution in [3.8, 4) is 17.2 Å². The van der Waals surface area contributed by atoms with Crippen LogP contribution in [0.15, 0.2) is 52.0 Å². The average molecular weight is 476 g/mol. The van der Waals surface area contributed by atoms with Crippen LogP contribution in [0.1, 0.15) is 50.6 Å². The Labute approximate surface area is 202 Å². The van der Waals surface area contributed by atoms with Gasteiger partial charge in [0, 0.05) is 29.3 Å². The standard InChI is InChI=1S/C26H25N3O6/c1-15-23-18(28-29-25(30)17-6-3-4-8-19(17)32-2)7-5-9-21(23)35-24(15)26(31)27-16-10-11-20-22(14-16)34-13-12-33-20/h3-4,6,8,10-11,14H,5,7,9,12-13H2,1-2H3,(H,27,31)(H,29,30)/b28-18+. The predicted molar refractivity (Wildman–Crippen MR) is 129 cm³/mol. The van der Waals surface area contributed by atoms with E-state index in [9.17, 15) is 9.59 Å². The molecule has 0 bridgehead atoms. The number of fused-ring (bicyclic) bond motifs is 2. The molecule has 0 fully saturated rings. The summed E-state index contributed by atoms with van der Waals surface area (Å²) in [6, 6.07) is 12.2. The molecule has 0 radical (unpaired) electrons. The highest BCUT2D eigenvalue weighted by molar-refractivity contribution is 6.09. The molecular weight excluding hydrogens is 450 g/mol. The normalized spacial score (nSPS) is 15.3. The third-order valence-corrected chi connectivity index (χ3v) is 5.98. The Balaban J connectivity index is 1.36. The van der Waals surface area contributed by atoms with E-state index in [1.54, 1.807) is 42.5 Å². The minimum absolute atomic E-state index is 0.218. The van der Waals surface area contributed by atoms with E-state index in [4.69, 9.17) is 18.6 Å². The minimum atomic E-state index is -0.375. The van der Waals surface area contributed by atoms with Gasteiger partial charge < -0.3 is 23.9 Å². The van der Waals surface area contributed by atoms with Crippen LogP contribution in [-0.2, 0) is 6.42 Å². The fraction of sp³-hybridized carbons (Fsp3) is 0.269. The Morgan fingerprint density at radius 2 is 1.80 bits per heavy atom. The van der Waals surface area contributed by atoms with Crippen molar-refractivity contribution >= 4 is 23.2 Å². The molecule has 3 aromatic rings. The highest BCUT2D eigenvalue weighted by atomic mass is 16.6. The number of amides is 2. The molecule has 2 aromatic carbocycles. The van der Waals surface area contributed by atoms with Gasteiger partial charge in [-0.05, 0) is 44.0 Å². The largest absolute Gasteiger partial charge is 0.496 e. The van der Waals surface area contributed by atoms with Crippen LogP contribution in [0.4, 0.5) is 5.69 Å². The molecule has 0 spiro atoms. The number of hydrogen-bond donors (Lipinski definition) is 2. The van der Waals surface area contributed by atoms with E-state index >= 15 is 0 Å². The Morgan fingerprint density at radius 1 is 1.00 bits per heavy atom. The first-order chi connectivity index (χ1) is 17.0. The van der Waals surface area contributed by atoms with Crippen molar-refractivity contribution in [2.24, 2.45) is 5.10 Å². The van der Waals surface area contributed by atoms with Crippen molar-refractivity contribution in [2.45, 2.75) is 26.2 Å². The number of hydrogen-bond acceptors (Lipinski definition) is 7. The number of nitrogens with zero attached hydrogens (tertiary/aromatic N) is 1. The summed E-state index contributed by atoms with van der Waals surface area (Å²) in [4.78, 5) is 25.7. The SMILES string of the molecule is COc1ccccc1C(=O)N/N=C1\CCCc2oc(C(=O)Nc3ccc4c(c3)OCCO4)c(C)c21. The zero-order chi connectivity index (χ0) is 24.4. The Hall–Kier alpha value is -4.27. The van der Waals surface area contributed by atoms with Crippen molar-refractivity contribution in [2.75, 3.05) is 25.6 Å². The van der Waals surface area contributed by atoms with Crippen LogP contribution in [0.2, 0.25) is 0 Å². The summed E-state index contributed by atoms with van der Waals surface area (Å²) in [6.07, 6.45) is 2.14. The van der Waals surface area contributed by atoms with E-state index in [-0.39, 0.29) is 17.6 Å². The van der Waals surface area contributed by atoms with Gasteiger partial charge in [-0.1, -0.05) is 12.1 Å². The van der Waals surface area contributed by atoms with Crippen molar-refractivity contribution in [1.82, 2.24) is 5.43 Å². The lowest BCUT2D eigenvalue weighted by Crippen LogP contribution is -2.22. The minimum Gasteiger partial charge on any atom is -0.496 e. The van der Waals surface area contributed by atoms with Gasteiger partial charge in [-0.25, -0.2) is 5.43 Å². The molecule has 5 rings (SSSR count). The number of furan rings is 1. The maximum atomic E-state index is 13.0. The molecule has 0 saturated heterocycles. The number of ether oxygens (including phenoxy) is 3. The van der Waals surface area contributed by atoms with E-state index in [1.807, 2.05) is 6.92 Å². The smallest absolute Gasteiger partial charge is 0.291 e. The fourth-order valence-electron chi connectivity index (χ4n) is 4.32. The molecule has 1 aliphatic carbocycles. The van der Waals surface area contributed by atoms with Crippen LogP contribution in [0.5, 0.6) is 17.2 Å². The number of methoxy groups -OCH3 is 1. The van der Waals surface area contributed by atoms with Crippen LogP contribution in [0, 0.1) is 6.92 Å². The van der Waals surface area contributed by atoms with Gasteiger partial charge in [0.25, 0.3) is 11.8 Å². The van der Waals surface area contributed by atoms with Gasteiger partial charge in [-0.3, -0.25) is 9.59 Å². The molecule has 1 aliphatic heterocycles.